The van der Waals surface area contributed by atoms with Crippen molar-refractivity contribution < 1.29 is 14.4 Å². The SMILES string of the molecule is CCN(CC(=O)Nc1c(Cl)cccc1Cl)C(=O)c1ccc(C(=O)NC(C)(C)C)cc1. The maximum Gasteiger partial charge on any atom is 0.254 e. The summed E-state index contributed by atoms with van der Waals surface area (Å²) in [6.45, 7) is 7.62. The first-order valence-corrected chi connectivity index (χ1v) is 10.2. The van der Waals surface area contributed by atoms with Crippen LogP contribution in [0.25, 0.3) is 0 Å². The summed E-state index contributed by atoms with van der Waals surface area (Å²) in [5.41, 5.74) is 0.787. The molecule has 160 valence electrons. The Morgan fingerprint density at radius 2 is 1.47 bits per heavy atom. The standard InChI is InChI=1S/C22H25Cl2N3O3/c1-5-27(13-18(28)25-19-16(23)7-6-8-17(19)24)21(30)15-11-9-14(10-12-15)20(29)26-22(2,3)4/h6-12H,5,13H2,1-4H3,(H,25,28)(H,26,29). The van der Waals surface area contributed by atoms with Gasteiger partial charge in [-0.3, -0.25) is 14.4 Å². The van der Waals surface area contributed by atoms with Gasteiger partial charge < -0.3 is 15.5 Å². The highest BCUT2D eigenvalue weighted by Crippen LogP contribution is 2.29. The van der Waals surface area contributed by atoms with Gasteiger partial charge in [-0.1, -0.05) is 29.3 Å². The third kappa shape index (κ3) is 6.47. The van der Waals surface area contributed by atoms with Gasteiger partial charge in [0.25, 0.3) is 11.8 Å². The molecule has 0 fully saturated rings. The van der Waals surface area contributed by atoms with E-state index in [-0.39, 0.29) is 23.9 Å². The zero-order chi connectivity index (χ0) is 22.5. The summed E-state index contributed by atoms with van der Waals surface area (Å²) in [5.74, 6) is -0.952. The van der Waals surface area contributed by atoms with Crippen LogP contribution in [0, 0.1) is 0 Å². The number of nitrogens with one attached hydrogen (secondary N) is 2. The molecule has 0 saturated heterocycles. The van der Waals surface area contributed by atoms with Crippen LogP contribution in [0.2, 0.25) is 10.0 Å². The van der Waals surface area contributed by atoms with E-state index in [1.165, 1.54) is 4.90 Å². The number of carbonyl (C=O) groups excluding carboxylic acids is 3. The molecule has 0 aromatic heterocycles. The number of amides is 3. The largest absolute Gasteiger partial charge is 0.347 e. The number of carbonyl (C=O) groups is 3. The molecule has 8 heteroatoms. The van der Waals surface area contributed by atoms with Crippen LogP contribution < -0.4 is 10.6 Å². The van der Waals surface area contributed by atoms with Crippen molar-refractivity contribution in [3.63, 3.8) is 0 Å². The molecule has 6 nitrogen and oxygen atoms in total. The van der Waals surface area contributed by atoms with Crippen LogP contribution in [0.15, 0.2) is 42.5 Å². The van der Waals surface area contributed by atoms with Crippen LogP contribution in [0.5, 0.6) is 0 Å². The first-order valence-electron chi connectivity index (χ1n) is 9.47. The maximum absolute atomic E-state index is 12.8. The summed E-state index contributed by atoms with van der Waals surface area (Å²) in [6, 6.07) is 11.2. The highest BCUT2D eigenvalue weighted by molar-refractivity contribution is 6.39. The van der Waals surface area contributed by atoms with Crippen LogP contribution in [-0.2, 0) is 4.79 Å². The van der Waals surface area contributed by atoms with Crippen molar-refractivity contribution in [2.45, 2.75) is 33.2 Å². The summed E-state index contributed by atoms with van der Waals surface area (Å²) in [5, 5.41) is 6.14. The van der Waals surface area contributed by atoms with Gasteiger partial charge in [0.1, 0.15) is 6.54 Å². The van der Waals surface area contributed by atoms with Crippen molar-refractivity contribution in [1.82, 2.24) is 10.2 Å². The Hall–Kier alpha value is -2.57. The number of benzene rings is 2. The van der Waals surface area contributed by atoms with Crippen molar-refractivity contribution >= 4 is 46.6 Å². The summed E-state index contributed by atoms with van der Waals surface area (Å²) in [4.78, 5) is 38.8. The van der Waals surface area contributed by atoms with E-state index < -0.39 is 5.91 Å². The second-order valence-corrected chi connectivity index (χ2v) is 8.56. The van der Waals surface area contributed by atoms with Crippen LogP contribution >= 0.6 is 23.2 Å². The van der Waals surface area contributed by atoms with Crippen LogP contribution in [-0.4, -0.2) is 41.2 Å². The zero-order valence-electron chi connectivity index (χ0n) is 17.4. The van der Waals surface area contributed by atoms with Gasteiger partial charge in [-0.15, -0.1) is 0 Å². The smallest absolute Gasteiger partial charge is 0.254 e. The first-order chi connectivity index (χ1) is 14.0. The molecule has 2 aromatic rings. The van der Waals surface area contributed by atoms with Crippen molar-refractivity contribution in [2.75, 3.05) is 18.4 Å². The second-order valence-electron chi connectivity index (χ2n) is 7.75. The van der Waals surface area contributed by atoms with Crippen molar-refractivity contribution in [3.8, 4) is 0 Å². The third-order valence-electron chi connectivity index (χ3n) is 4.11. The van der Waals surface area contributed by atoms with E-state index in [4.69, 9.17) is 23.2 Å². The Balaban J connectivity index is 2.07. The Kier molecular flexibility index (Phi) is 7.87. The van der Waals surface area contributed by atoms with Crippen LogP contribution in [0.3, 0.4) is 0 Å². The topological polar surface area (TPSA) is 78.5 Å². The lowest BCUT2D eigenvalue weighted by molar-refractivity contribution is -0.116. The molecule has 0 unspecified atom stereocenters. The normalized spacial score (nSPS) is 11.0. The second kappa shape index (κ2) is 9.96. The molecule has 30 heavy (non-hydrogen) atoms. The fraction of sp³-hybridized carbons (Fsp3) is 0.318. The Morgan fingerprint density at radius 1 is 0.933 bits per heavy atom. The monoisotopic (exact) mass is 449 g/mol. The molecule has 0 spiro atoms. The molecule has 0 atom stereocenters. The lowest BCUT2D eigenvalue weighted by Gasteiger charge is -2.22. The fourth-order valence-corrected chi connectivity index (χ4v) is 3.15. The summed E-state index contributed by atoms with van der Waals surface area (Å²) >= 11 is 12.1. The fourth-order valence-electron chi connectivity index (χ4n) is 2.66. The van der Waals surface area contributed by atoms with Gasteiger partial charge in [-0.25, -0.2) is 0 Å². The van der Waals surface area contributed by atoms with Crippen LogP contribution in [0.4, 0.5) is 5.69 Å². The predicted molar refractivity (Wildman–Crippen MR) is 120 cm³/mol. The molecule has 2 N–H and O–H groups in total. The highest BCUT2D eigenvalue weighted by atomic mass is 35.5. The summed E-state index contributed by atoms with van der Waals surface area (Å²) in [7, 11) is 0. The number of hydrogen-bond donors (Lipinski definition) is 2. The molecule has 2 rings (SSSR count). The van der Waals surface area contributed by atoms with Gasteiger partial charge in [-0.2, -0.15) is 0 Å². The molecular weight excluding hydrogens is 425 g/mol. The molecular formula is C22H25Cl2N3O3. The van der Waals surface area contributed by atoms with Crippen LogP contribution in [0.1, 0.15) is 48.4 Å². The van der Waals surface area contributed by atoms with Gasteiger partial charge >= 0.3 is 0 Å². The van der Waals surface area contributed by atoms with E-state index in [9.17, 15) is 14.4 Å². The molecule has 3 amide bonds. The van der Waals surface area contributed by atoms with E-state index in [2.05, 4.69) is 10.6 Å². The average molecular weight is 450 g/mol. The number of hydrogen-bond acceptors (Lipinski definition) is 3. The first kappa shape index (κ1) is 23.7. The number of anilines is 1. The summed E-state index contributed by atoms with van der Waals surface area (Å²) in [6.07, 6.45) is 0. The van der Waals surface area contributed by atoms with Gasteiger partial charge in [0.2, 0.25) is 5.91 Å². The quantitative estimate of drug-likeness (QED) is 0.674. The minimum atomic E-state index is -0.415. The molecule has 0 aliphatic rings. The predicted octanol–water partition coefficient (Wildman–Crippen LogP) is 4.62. The van der Waals surface area contributed by atoms with Crippen molar-refractivity contribution in [2.24, 2.45) is 0 Å². The van der Waals surface area contributed by atoms with Gasteiger partial charge in [0, 0.05) is 23.2 Å². The van der Waals surface area contributed by atoms with E-state index in [0.717, 1.165) is 0 Å². The minimum Gasteiger partial charge on any atom is -0.347 e. The highest BCUT2D eigenvalue weighted by Gasteiger charge is 2.20. The van der Waals surface area contributed by atoms with E-state index >= 15 is 0 Å². The Labute approximate surface area is 186 Å². The molecule has 0 aliphatic heterocycles. The van der Waals surface area contributed by atoms with E-state index in [0.29, 0.717) is 33.4 Å². The van der Waals surface area contributed by atoms with Gasteiger partial charge in [0.15, 0.2) is 0 Å². The van der Waals surface area contributed by atoms with Gasteiger partial charge in [-0.05, 0) is 64.1 Å². The molecule has 0 saturated carbocycles. The third-order valence-corrected chi connectivity index (χ3v) is 4.74. The molecule has 0 aliphatic carbocycles. The number of rotatable bonds is 6. The number of likely N-dealkylation sites (N-methyl/N-ethyl adjacent to an activating group) is 1. The van der Waals surface area contributed by atoms with E-state index in [1.54, 1.807) is 49.4 Å². The Bertz CT molecular complexity index is 917. The molecule has 2 aromatic carbocycles. The zero-order valence-corrected chi connectivity index (χ0v) is 18.9. The molecule has 0 bridgehead atoms. The lowest BCUT2D eigenvalue weighted by atomic mass is 10.1. The molecule has 0 radical (unpaired) electrons. The van der Waals surface area contributed by atoms with Crippen molar-refractivity contribution in [3.05, 3.63) is 63.6 Å². The number of para-hydroxylation sites is 1. The average Bonchev–Trinajstić information content (AvgIpc) is 2.67. The van der Waals surface area contributed by atoms with E-state index in [1.807, 2.05) is 20.8 Å². The summed E-state index contributed by atoms with van der Waals surface area (Å²) < 4.78 is 0. The van der Waals surface area contributed by atoms with Crippen molar-refractivity contribution in [1.29, 1.82) is 0 Å². The Morgan fingerprint density at radius 3 is 1.97 bits per heavy atom. The number of halogens is 2. The lowest BCUT2D eigenvalue weighted by Crippen LogP contribution is -2.40. The molecule has 0 heterocycles. The minimum absolute atomic E-state index is 0.164. The maximum atomic E-state index is 12.8. The van der Waals surface area contributed by atoms with Gasteiger partial charge in [0.05, 0.1) is 15.7 Å². The number of nitrogens with zero attached hydrogens (tertiary/aromatic N) is 1.